The number of sulfone groups is 1. The summed E-state index contributed by atoms with van der Waals surface area (Å²) < 4.78 is 42.7. The second-order valence-corrected chi connectivity index (χ2v) is 9.41. The highest BCUT2D eigenvalue weighted by Crippen LogP contribution is 2.65. The molecule has 2 aromatic carbocycles. The number of aryl methyl sites for hydroxylation is 1. The third-order valence-corrected chi connectivity index (χ3v) is 7.76. The molecule has 0 aliphatic heterocycles. The quantitative estimate of drug-likeness (QED) is 0.454. The Morgan fingerprint density at radius 3 is 1.87 bits per heavy atom. The van der Waals surface area contributed by atoms with Crippen molar-refractivity contribution >= 4 is 21.8 Å². The van der Waals surface area contributed by atoms with Crippen LogP contribution < -0.4 is 4.74 Å². The number of esters is 2. The summed E-state index contributed by atoms with van der Waals surface area (Å²) in [6.45, 7) is 5.06. The fourth-order valence-electron chi connectivity index (χ4n) is 3.97. The zero-order chi connectivity index (χ0) is 22.8. The first-order valence-electron chi connectivity index (χ1n) is 10.0. The molecule has 0 bridgehead atoms. The van der Waals surface area contributed by atoms with E-state index in [9.17, 15) is 18.0 Å². The van der Waals surface area contributed by atoms with E-state index in [1.165, 1.54) is 19.2 Å². The van der Waals surface area contributed by atoms with Gasteiger partial charge in [-0.2, -0.15) is 0 Å². The van der Waals surface area contributed by atoms with Crippen LogP contribution in [0.4, 0.5) is 0 Å². The minimum Gasteiger partial charge on any atom is -0.497 e. The number of carbonyl (C=O) groups is 2. The smallest absolute Gasteiger partial charge is 0.325 e. The van der Waals surface area contributed by atoms with E-state index < -0.39 is 38.4 Å². The Morgan fingerprint density at radius 1 is 0.903 bits per heavy atom. The van der Waals surface area contributed by atoms with Crippen LogP contribution in [-0.4, -0.2) is 45.9 Å². The van der Waals surface area contributed by atoms with Crippen LogP contribution in [0.3, 0.4) is 0 Å². The number of carbonyl (C=O) groups excluding carboxylic acids is 2. The number of ether oxygens (including phenoxy) is 3. The highest BCUT2D eigenvalue weighted by Gasteiger charge is 2.81. The van der Waals surface area contributed by atoms with E-state index >= 15 is 0 Å². The maximum absolute atomic E-state index is 13.6. The first-order valence-corrected chi connectivity index (χ1v) is 11.6. The fourth-order valence-corrected chi connectivity index (χ4v) is 6.26. The summed E-state index contributed by atoms with van der Waals surface area (Å²) in [7, 11) is -2.55. The van der Waals surface area contributed by atoms with Gasteiger partial charge in [-0.05, 0) is 50.6 Å². The number of rotatable bonds is 8. The zero-order valence-corrected chi connectivity index (χ0v) is 18.8. The Hall–Kier alpha value is -2.87. The van der Waals surface area contributed by atoms with Gasteiger partial charge in [0.2, 0.25) is 0 Å². The van der Waals surface area contributed by atoms with Gasteiger partial charge in [-0.25, -0.2) is 8.42 Å². The van der Waals surface area contributed by atoms with E-state index in [4.69, 9.17) is 14.2 Å². The average molecular weight is 447 g/mol. The minimum absolute atomic E-state index is 0.00657. The van der Waals surface area contributed by atoms with Crippen LogP contribution in [0.15, 0.2) is 53.4 Å². The first-order chi connectivity index (χ1) is 14.7. The van der Waals surface area contributed by atoms with Crippen LogP contribution in [0.5, 0.6) is 5.75 Å². The van der Waals surface area contributed by atoms with Crippen molar-refractivity contribution in [2.24, 2.45) is 5.41 Å². The maximum Gasteiger partial charge on any atom is 0.325 e. The van der Waals surface area contributed by atoms with E-state index in [0.717, 1.165) is 5.56 Å². The van der Waals surface area contributed by atoms with Crippen LogP contribution in [0.2, 0.25) is 0 Å². The van der Waals surface area contributed by atoms with E-state index in [-0.39, 0.29) is 18.1 Å². The summed E-state index contributed by atoms with van der Waals surface area (Å²) in [5, 5.41) is -1.34. The van der Waals surface area contributed by atoms with Gasteiger partial charge in [-0.15, -0.1) is 0 Å². The SMILES string of the molecule is CCOC(=O)C1(C(=O)OCC)[C@H](S(=O)(=O)c2ccc(C)cc2)[C@@H]1c1ccc(OC)cc1. The molecule has 1 aliphatic carbocycles. The first kappa shape index (κ1) is 22.8. The van der Waals surface area contributed by atoms with Crippen molar-refractivity contribution in [1.29, 1.82) is 0 Å². The molecule has 0 spiro atoms. The van der Waals surface area contributed by atoms with Crippen molar-refractivity contribution in [2.75, 3.05) is 20.3 Å². The summed E-state index contributed by atoms with van der Waals surface area (Å²) in [5.41, 5.74) is -0.560. The number of hydrogen-bond donors (Lipinski definition) is 0. The number of benzene rings is 2. The van der Waals surface area contributed by atoms with E-state index in [1.807, 2.05) is 6.92 Å². The van der Waals surface area contributed by atoms with Crippen LogP contribution in [-0.2, 0) is 28.9 Å². The summed E-state index contributed by atoms with van der Waals surface area (Å²) in [6.07, 6.45) is 0. The molecule has 31 heavy (non-hydrogen) atoms. The van der Waals surface area contributed by atoms with E-state index in [0.29, 0.717) is 11.3 Å². The van der Waals surface area contributed by atoms with Crippen LogP contribution in [0.1, 0.15) is 30.9 Å². The Kier molecular flexibility index (Phi) is 6.40. The van der Waals surface area contributed by atoms with Crippen molar-refractivity contribution in [3.05, 3.63) is 59.7 Å². The monoisotopic (exact) mass is 446 g/mol. The zero-order valence-electron chi connectivity index (χ0n) is 18.0. The molecule has 1 aliphatic rings. The fraction of sp³-hybridized carbons (Fsp3) is 0.391. The molecule has 0 aromatic heterocycles. The molecule has 3 rings (SSSR count). The van der Waals surface area contributed by atoms with Gasteiger partial charge in [0.15, 0.2) is 15.3 Å². The van der Waals surface area contributed by atoms with Gasteiger partial charge in [0, 0.05) is 5.92 Å². The maximum atomic E-state index is 13.6. The lowest BCUT2D eigenvalue weighted by Gasteiger charge is -2.15. The minimum atomic E-state index is -4.06. The third-order valence-electron chi connectivity index (χ3n) is 5.52. The van der Waals surface area contributed by atoms with Crippen LogP contribution in [0, 0.1) is 12.3 Å². The lowest BCUT2D eigenvalue weighted by Crippen LogP contribution is -2.35. The summed E-state index contributed by atoms with van der Waals surface area (Å²) in [5.74, 6) is -2.16. The molecule has 1 saturated carbocycles. The molecule has 0 amide bonds. The van der Waals surface area contributed by atoms with Crippen molar-refractivity contribution in [1.82, 2.24) is 0 Å². The molecule has 0 N–H and O–H groups in total. The standard InChI is InChI=1S/C23H26O7S/c1-5-29-21(24)23(22(25)30-6-2)19(16-9-11-17(28-4)12-10-16)20(23)31(26,27)18-13-7-15(3)8-14-18/h7-14,19-20H,5-6H2,1-4H3/t19-,20+/m0/s1. The molecule has 0 saturated heterocycles. The molecule has 1 fully saturated rings. The van der Waals surface area contributed by atoms with E-state index in [1.54, 1.807) is 50.2 Å². The Bertz CT molecular complexity index is 1040. The van der Waals surface area contributed by atoms with Crippen molar-refractivity contribution < 1.29 is 32.2 Å². The molecular weight excluding hydrogens is 420 g/mol. The van der Waals surface area contributed by atoms with Crippen LogP contribution >= 0.6 is 0 Å². The summed E-state index contributed by atoms with van der Waals surface area (Å²) in [6, 6.07) is 12.9. The molecule has 7 nitrogen and oxygen atoms in total. The Morgan fingerprint density at radius 2 is 1.42 bits per heavy atom. The van der Waals surface area contributed by atoms with Gasteiger partial charge >= 0.3 is 11.9 Å². The highest BCUT2D eigenvalue weighted by atomic mass is 32.2. The van der Waals surface area contributed by atoms with Crippen molar-refractivity contribution in [3.8, 4) is 5.75 Å². The summed E-state index contributed by atoms with van der Waals surface area (Å²) >= 11 is 0. The second-order valence-electron chi connectivity index (χ2n) is 7.34. The highest BCUT2D eigenvalue weighted by molar-refractivity contribution is 7.92. The Balaban J connectivity index is 2.18. The molecular formula is C23H26O7S. The van der Waals surface area contributed by atoms with Gasteiger partial charge in [-0.1, -0.05) is 29.8 Å². The van der Waals surface area contributed by atoms with Gasteiger partial charge in [-0.3, -0.25) is 9.59 Å². The largest absolute Gasteiger partial charge is 0.497 e. The molecule has 2 aromatic rings. The molecule has 8 heteroatoms. The topological polar surface area (TPSA) is 96.0 Å². The van der Waals surface area contributed by atoms with Crippen molar-refractivity contribution in [2.45, 2.75) is 36.8 Å². The molecule has 0 unspecified atom stereocenters. The predicted molar refractivity (Wildman–Crippen MR) is 114 cm³/mol. The lowest BCUT2D eigenvalue weighted by atomic mass is 9.99. The molecule has 166 valence electrons. The molecule has 0 heterocycles. The lowest BCUT2D eigenvalue weighted by molar-refractivity contribution is -0.164. The van der Waals surface area contributed by atoms with E-state index in [2.05, 4.69) is 0 Å². The van der Waals surface area contributed by atoms with Gasteiger partial charge in [0.05, 0.1) is 25.2 Å². The normalized spacial score (nSPS) is 19.4. The molecule has 0 radical (unpaired) electrons. The predicted octanol–water partition coefficient (Wildman–Crippen LogP) is 3.06. The van der Waals surface area contributed by atoms with Crippen molar-refractivity contribution in [3.63, 3.8) is 0 Å². The van der Waals surface area contributed by atoms with Gasteiger partial charge in [0.1, 0.15) is 11.0 Å². The second kappa shape index (κ2) is 8.70. The van der Waals surface area contributed by atoms with Gasteiger partial charge < -0.3 is 14.2 Å². The summed E-state index contributed by atoms with van der Waals surface area (Å²) in [4.78, 5) is 26.2. The van der Waals surface area contributed by atoms with Crippen LogP contribution in [0.25, 0.3) is 0 Å². The number of methoxy groups -OCH3 is 1. The Labute approximate surface area is 182 Å². The molecule has 2 atom stereocenters. The average Bonchev–Trinajstić information content (AvgIpc) is 3.47. The number of hydrogen-bond acceptors (Lipinski definition) is 7. The van der Waals surface area contributed by atoms with Gasteiger partial charge in [0.25, 0.3) is 0 Å². The third kappa shape index (κ3) is 3.80.